The number of halogens is 5. The van der Waals surface area contributed by atoms with Crippen LogP contribution >= 0.6 is 34.8 Å². The first-order valence-electron chi connectivity index (χ1n) is 13.8. The summed E-state index contributed by atoms with van der Waals surface area (Å²) in [7, 11) is 0. The van der Waals surface area contributed by atoms with E-state index < -0.39 is 38.5 Å². The van der Waals surface area contributed by atoms with Gasteiger partial charge in [0.25, 0.3) is 5.56 Å². The molecule has 1 fully saturated rings. The maximum absolute atomic E-state index is 15.6. The van der Waals surface area contributed by atoms with Crippen molar-refractivity contribution >= 4 is 63.1 Å². The number of nitrogen functional groups attached to an aromatic ring is 1. The first-order chi connectivity index (χ1) is 21.3. The Kier molecular flexibility index (Phi) is 8.77. The average molecular weight is 673 g/mol. The van der Waals surface area contributed by atoms with Gasteiger partial charge >= 0.3 is 0 Å². The number of nitrogens with zero attached hydrogens (tertiary/aromatic N) is 6. The number of hydrogen-bond donors (Lipinski definition) is 1. The lowest BCUT2D eigenvalue weighted by Gasteiger charge is -2.36. The monoisotopic (exact) mass is 671 g/mol. The van der Waals surface area contributed by atoms with Crippen LogP contribution in [-0.2, 0) is 4.79 Å². The third-order valence-corrected chi connectivity index (χ3v) is 8.85. The van der Waals surface area contributed by atoms with Crippen LogP contribution in [-0.4, -0.2) is 51.5 Å². The van der Waals surface area contributed by atoms with Gasteiger partial charge < -0.3 is 15.5 Å². The van der Waals surface area contributed by atoms with E-state index in [1.807, 2.05) is 13.8 Å². The number of pyridine rings is 3. The largest absolute Gasteiger partial charge is 0.394 e. The molecule has 14 heteroatoms. The number of nitrogens with two attached hydrogens (primary N) is 1. The lowest BCUT2D eigenvalue weighted by molar-refractivity contribution is -0.126. The molecule has 45 heavy (non-hydrogen) atoms. The average Bonchev–Trinajstić information content (AvgIpc) is 3.02. The first-order valence-corrected chi connectivity index (χ1v) is 14.9. The van der Waals surface area contributed by atoms with Gasteiger partial charge in [0, 0.05) is 37.8 Å². The predicted octanol–water partition coefficient (Wildman–Crippen LogP) is 6.41. The van der Waals surface area contributed by atoms with Crippen molar-refractivity contribution in [2.45, 2.75) is 26.7 Å². The smallest absolute Gasteiger partial charge is 0.276 e. The second kappa shape index (κ2) is 12.3. The van der Waals surface area contributed by atoms with Crippen molar-refractivity contribution in [2.24, 2.45) is 0 Å². The molecule has 0 radical (unpaired) electrons. The lowest BCUT2D eigenvalue weighted by Crippen LogP contribution is -2.49. The van der Waals surface area contributed by atoms with Gasteiger partial charge in [-0.15, -0.1) is 0 Å². The molecule has 3 aromatic heterocycles. The van der Waals surface area contributed by atoms with E-state index >= 15 is 4.39 Å². The molecule has 1 aromatic carbocycles. The highest BCUT2D eigenvalue weighted by Crippen LogP contribution is 2.44. The molecule has 1 saturated heterocycles. The Morgan fingerprint density at radius 3 is 2.40 bits per heavy atom. The van der Waals surface area contributed by atoms with Crippen LogP contribution in [0.4, 0.5) is 20.2 Å². The van der Waals surface area contributed by atoms with Crippen LogP contribution < -0.4 is 16.2 Å². The van der Waals surface area contributed by atoms with Crippen molar-refractivity contribution in [1.82, 2.24) is 19.4 Å². The summed E-state index contributed by atoms with van der Waals surface area (Å²) in [6, 6.07) is 5.21. The van der Waals surface area contributed by atoms with Gasteiger partial charge in [-0.25, -0.2) is 13.8 Å². The van der Waals surface area contributed by atoms with E-state index in [0.717, 1.165) is 0 Å². The Hall–Kier alpha value is -4.24. The van der Waals surface area contributed by atoms with Gasteiger partial charge in [-0.3, -0.25) is 19.1 Å². The summed E-state index contributed by atoms with van der Waals surface area (Å²) in [5, 5.41) is 9.40. The minimum atomic E-state index is -1.24. The fourth-order valence-electron chi connectivity index (χ4n) is 5.50. The molecule has 4 heterocycles. The first kappa shape index (κ1) is 32.2. The predicted molar refractivity (Wildman–Crippen MR) is 172 cm³/mol. The van der Waals surface area contributed by atoms with Crippen LogP contribution in [0.1, 0.15) is 36.6 Å². The van der Waals surface area contributed by atoms with Crippen molar-refractivity contribution < 1.29 is 13.6 Å². The molecule has 0 aliphatic carbocycles. The van der Waals surface area contributed by atoms with Gasteiger partial charge in [0.15, 0.2) is 11.6 Å². The summed E-state index contributed by atoms with van der Waals surface area (Å²) in [6.07, 6.45) is 2.83. The number of rotatable bonds is 5. The fraction of sp³-hybridized carbons (Fsp3) is 0.258. The Bertz CT molecular complexity index is 1990. The molecule has 1 amide bonds. The Balaban J connectivity index is 1.93. The molecule has 4 aromatic rings. The maximum Gasteiger partial charge on any atom is 0.276 e. The van der Waals surface area contributed by atoms with E-state index in [0.29, 0.717) is 35.4 Å². The zero-order chi connectivity index (χ0) is 32.9. The molecule has 0 spiro atoms. The third-order valence-electron chi connectivity index (χ3n) is 7.73. The molecule has 1 aliphatic rings. The topological polar surface area (TPSA) is 121 Å². The van der Waals surface area contributed by atoms with Crippen molar-refractivity contribution in [3.63, 3.8) is 0 Å². The molecular formula is C31H26Cl3F2N7O2. The number of amides is 1. The van der Waals surface area contributed by atoms with Crippen LogP contribution in [0.15, 0.2) is 35.8 Å². The van der Waals surface area contributed by atoms with E-state index in [2.05, 4.69) is 22.6 Å². The van der Waals surface area contributed by atoms with Crippen molar-refractivity contribution in [1.29, 1.82) is 5.26 Å². The quantitative estimate of drug-likeness (QED) is 0.113. The molecule has 0 unspecified atom stereocenters. The van der Waals surface area contributed by atoms with Gasteiger partial charge in [-0.2, -0.15) is 5.26 Å². The van der Waals surface area contributed by atoms with Crippen molar-refractivity contribution in [2.75, 3.05) is 36.8 Å². The zero-order valence-electron chi connectivity index (χ0n) is 24.4. The standard InChI is InChI=1S/C31H26Cl3F2N7O2/c1-5-19(44)41-8-10-42(11-9-41)29-16-12-18(32)27(20-21(33)22(34)24(36)25(38)23(20)35)40-30(16)43(31(45)17(29)13-37)28-15(4)6-7-39-26(28)14(2)3/h5-7,12,14H,1,8-11,38H2,2-4H3. The molecule has 2 N–H and O–H groups in total. The summed E-state index contributed by atoms with van der Waals surface area (Å²) in [4.78, 5) is 39.2. The van der Waals surface area contributed by atoms with Gasteiger partial charge in [-0.05, 0) is 36.6 Å². The molecular weight excluding hydrogens is 647 g/mol. The molecule has 0 atom stereocenters. The van der Waals surface area contributed by atoms with E-state index in [1.54, 1.807) is 29.0 Å². The number of carbonyl (C=O) groups is 1. The highest BCUT2D eigenvalue weighted by atomic mass is 35.5. The van der Waals surface area contributed by atoms with E-state index in [9.17, 15) is 19.2 Å². The molecule has 232 valence electrons. The number of anilines is 2. The summed E-state index contributed by atoms with van der Waals surface area (Å²) in [6.45, 7) is 10.3. The SMILES string of the molecule is C=CC(=O)N1CCN(c2c(C#N)c(=O)n(-c3c(C)ccnc3C(C)C)c3nc(-c4c(F)c(N)c(F)c(Cl)c4Cl)c(Cl)cc23)CC1. The zero-order valence-corrected chi connectivity index (χ0v) is 26.7. The van der Waals surface area contributed by atoms with Gasteiger partial charge in [-0.1, -0.05) is 55.2 Å². The molecule has 1 aliphatic heterocycles. The number of fused-ring (bicyclic) bond motifs is 1. The number of aromatic nitrogens is 3. The van der Waals surface area contributed by atoms with E-state index in [1.165, 1.54) is 16.7 Å². The van der Waals surface area contributed by atoms with Gasteiger partial charge in [0.2, 0.25) is 5.91 Å². The molecule has 0 bridgehead atoms. The third kappa shape index (κ3) is 5.27. The van der Waals surface area contributed by atoms with E-state index in [4.69, 9.17) is 40.5 Å². The molecule has 9 nitrogen and oxygen atoms in total. The second-order valence-electron chi connectivity index (χ2n) is 10.7. The number of carbonyl (C=O) groups excluding carboxylic acids is 1. The number of nitriles is 1. The summed E-state index contributed by atoms with van der Waals surface area (Å²) >= 11 is 19.1. The number of piperazine rings is 1. The summed E-state index contributed by atoms with van der Waals surface area (Å²) in [5.74, 6) is -2.87. The lowest BCUT2D eigenvalue weighted by atomic mass is 10.0. The van der Waals surface area contributed by atoms with Crippen LogP contribution in [0.3, 0.4) is 0 Å². The number of hydrogen-bond acceptors (Lipinski definition) is 7. The molecule has 5 rings (SSSR count). The van der Waals surface area contributed by atoms with Crippen molar-refractivity contribution in [3.8, 4) is 23.0 Å². The number of aryl methyl sites for hydroxylation is 1. The Morgan fingerprint density at radius 1 is 1.13 bits per heavy atom. The normalized spacial score (nSPS) is 13.4. The van der Waals surface area contributed by atoms with Gasteiger partial charge in [0.05, 0.1) is 43.4 Å². The molecule has 0 saturated carbocycles. The summed E-state index contributed by atoms with van der Waals surface area (Å²) < 4.78 is 31.3. The summed E-state index contributed by atoms with van der Waals surface area (Å²) in [5.41, 5.74) is 5.02. The Morgan fingerprint density at radius 2 is 1.80 bits per heavy atom. The van der Waals surface area contributed by atoms with Crippen LogP contribution in [0.5, 0.6) is 0 Å². The highest BCUT2D eigenvalue weighted by Gasteiger charge is 2.31. The van der Waals surface area contributed by atoms with Gasteiger partial charge in [0.1, 0.15) is 23.0 Å². The number of benzene rings is 1. The maximum atomic E-state index is 15.6. The van der Waals surface area contributed by atoms with Crippen molar-refractivity contribution in [3.05, 3.63) is 84.9 Å². The van der Waals surface area contributed by atoms with Crippen LogP contribution in [0.2, 0.25) is 15.1 Å². The fourth-order valence-corrected chi connectivity index (χ4v) is 6.20. The second-order valence-corrected chi connectivity index (χ2v) is 11.9. The van der Waals surface area contributed by atoms with Crippen LogP contribution in [0, 0.1) is 29.9 Å². The highest BCUT2D eigenvalue weighted by molar-refractivity contribution is 6.44. The minimum Gasteiger partial charge on any atom is -0.394 e. The van der Waals surface area contributed by atoms with Crippen LogP contribution in [0.25, 0.3) is 28.0 Å². The minimum absolute atomic E-state index is 0.00508. The van der Waals surface area contributed by atoms with E-state index in [-0.39, 0.29) is 52.5 Å². The Labute approximate surface area is 272 Å².